The van der Waals surface area contributed by atoms with Gasteiger partial charge in [-0.3, -0.25) is 0 Å². The molecule has 0 fully saturated rings. The zero-order valence-corrected chi connectivity index (χ0v) is 31.9. The predicted molar refractivity (Wildman–Crippen MR) is 240 cm³/mol. The molecule has 4 nitrogen and oxygen atoms in total. The number of rotatable bonds is 6. The van der Waals surface area contributed by atoms with E-state index >= 15 is 0 Å². The van der Waals surface area contributed by atoms with Gasteiger partial charge in [-0.05, 0) is 105 Å². The Morgan fingerprint density at radius 3 is 2.28 bits per heavy atom. The zero-order chi connectivity index (χ0) is 38.3. The zero-order valence-electron chi connectivity index (χ0n) is 31.9. The number of hydrogen-bond donors (Lipinski definition) is 2. The van der Waals surface area contributed by atoms with Gasteiger partial charge >= 0.3 is 0 Å². The number of anilines is 2. The minimum atomic E-state index is -0.0758. The smallest absolute Gasteiger partial charge is 0.134 e. The van der Waals surface area contributed by atoms with Gasteiger partial charge in [0.25, 0.3) is 0 Å². The van der Waals surface area contributed by atoms with Crippen LogP contribution in [0.1, 0.15) is 53.3 Å². The van der Waals surface area contributed by atoms with E-state index in [0.717, 1.165) is 50.7 Å². The summed E-state index contributed by atoms with van der Waals surface area (Å²) in [5.41, 5.74) is 16.3. The van der Waals surface area contributed by atoms with Crippen LogP contribution in [0, 0.1) is 0 Å². The van der Waals surface area contributed by atoms with E-state index < -0.39 is 0 Å². The maximum absolute atomic E-state index is 5.20. The van der Waals surface area contributed by atoms with Crippen LogP contribution in [0.15, 0.2) is 181 Å². The molecule has 1 aromatic heterocycles. The third-order valence-corrected chi connectivity index (χ3v) is 12.2. The first kappa shape index (κ1) is 33.2. The molecule has 1 unspecified atom stereocenters. The van der Waals surface area contributed by atoms with Gasteiger partial charge in [-0.15, -0.1) is 0 Å². The van der Waals surface area contributed by atoms with E-state index in [1.165, 1.54) is 54.9 Å². The van der Waals surface area contributed by atoms with Gasteiger partial charge < -0.3 is 15.2 Å². The molecule has 0 radical (unpaired) electrons. The van der Waals surface area contributed by atoms with Crippen molar-refractivity contribution in [1.82, 2.24) is 9.88 Å². The van der Waals surface area contributed by atoms with E-state index in [1.807, 2.05) is 12.1 Å². The van der Waals surface area contributed by atoms with E-state index in [1.54, 1.807) is 0 Å². The van der Waals surface area contributed by atoms with Gasteiger partial charge in [0.2, 0.25) is 0 Å². The number of fused-ring (bicyclic) bond motifs is 9. The van der Waals surface area contributed by atoms with Crippen molar-refractivity contribution in [3.8, 4) is 16.8 Å². The normalized spacial score (nSPS) is 15.1. The van der Waals surface area contributed by atoms with Crippen molar-refractivity contribution in [2.45, 2.75) is 25.3 Å². The van der Waals surface area contributed by atoms with Gasteiger partial charge in [-0.2, -0.15) is 0 Å². The van der Waals surface area contributed by atoms with Crippen LogP contribution in [-0.4, -0.2) is 10.4 Å². The molecule has 0 spiro atoms. The molecule has 1 aliphatic heterocycles. The molecule has 0 bridgehead atoms. The highest BCUT2D eigenvalue weighted by Gasteiger charge is 2.36. The third-order valence-electron chi connectivity index (χ3n) is 12.2. The summed E-state index contributed by atoms with van der Waals surface area (Å²) in [4.78, 5) is 5.20. The summed E-state index contributed by atoms with van der Waals surface area (Å²) in [5, 5.41) is 12.4. The first-order chi connectivity index (χ1) is 28.0. The Kier molecular flexibility index (Phi) is 7.39. The molecule has 9 aromatic rings. The fourth-order valence-electron chi connectivity index (χ4n) is 9.36. The molecule has 4 heteroatoms. The minimum absolute atomic E-state index is 0.0432. The number of nitrogens with zero attached hydrogens (tertiary/aromatic N) is 2. The lowest BCUT2D eigenvalue weighted by Gasteiger charge is -2.29. The fraction of sp³-hybridized carbons (Fsp3) is 0.0755. The largest absolute Gasteiger partial charge is 0.359 e. The van der Waals surface area contributed by atoms with E-state index in [-0.39, 0.29) is 11.5 Å². The number of benzene rings is 8. The van der Waals surface area contributed by atoms with Crippen molar-refractivity contribution < 1.29 is 0 Å². The van der Waals surface area contributed by atoms with Crippen molar-refractivity contribution in [2.24, 2.45) is 4.99 Å². The lowest BCUT2D eigenvalue weighted by molar-refractivity contribution is 0.656. The predicted octanol–water partition coefficient (Wildman–Crippen LogP) is 13.4. The molecule has 1 atom stereocenters. The molecule has 11 rings (SSSR count). The fourth-order valence-corrected chi connectivity index (χ4v) is 9.36. The Balaban J connectivity index is 1.02. The number of para-hydroxylation sites is 2. The molecule has 2 N–H and O–H groups in total. The summed E-state index contributed by atoms with van der Waals surface area (Å²) >= 11 is 0. The monoisotopic (exact) mass is 732 g/mol. The second-order valence-corrected chi connectivity index (χ2v) is 15.8. The molecule has 0 saturated carbocycles. The molecule has 0 amide bonds. The van der Waals surface area contributed by atoms with Crippen molar-refractivity contribution in [3.05, 3.63) is 210 Å². The van der Waals surface area contributed by atoms with E-state index in [4.69, 9.17) is 4.99 Å². The SMILES string of the molecule is C=Cc1cc2c3c4ccccc4ccc3n(-c3ccc(C4=Nc5ccccc5C(c5ccc6c(c5)C(C)(C)c5ccccc5-6)N4)cc3)c2cc1Nc1ccccc1. The van der Waals surface area contributed by atoms with Gasteiger partial charge in [0, 0.05) is 44.4 Å². The quantitative estimate of drug-likeness (QED) is 0.179. The van der Waals surface area contributed by atoms with Gasteiger partial charge in [0.1, 0.15) is 5.84 Å². The van der Waals surface area contributed by atoms with Crippen molar-refractivity contribution in [3.63, 3.8) is 0 Å². The van der Waals surface area contributed by atoms with Crippen molar-refractivity contribution in [2.75, 3.05) is 5.32 Å². The highest BCUT2D eigenvalue weighted by atomic mass is 15.1. The van der Waals surface area contributed by atoms with Crippen molar-refractivity contribution >= 4 is 61.6 Å². The summed E-state index contributed by atoms with van der Waals surface area (Å²) < 4.78 is 2.39. The summed E-state index contributed by atoms with van der Waals surface area (Å²) in [6, 6.07) is 61.2. The lowest BCUT2D eigenvalue weighted by Crippen LogP contribution is -2.33. The van der Waals surface area contributed by atoms with Gasteiger partial charge in [0.15, 0.2) is 0 Å². The van der Waals surface area contributed by atoms with Gasteiger partial charge in [-0.1, -0.05) is 136 Å². The van der Waals surface area contributed by atoms with Crippen LogP contribution in [0.4, 0.5) is 17.1 Å². The number of nitrogens with one attached hydrogen (secondary N) is 2. The summed E-state index contributed by atoms with van der Waals surface area (Å²) in [6.07, 6.45) is 1.94. The first-order valence-corrected chi connectivity index (χ1v) is 19.7. The number of hydrogen-bond acceptors (Lipinski definition) is 3. The molecule has 272 valence electrons. The Labute approximate surface area is 332 Å². The maximum Gasteiger partial charge on any atom is 0.134 e. The molecule has 57 heavy (non-hydrogen) atoms. The van der Waals surface area contributed by atoms with Crippen LogP contribution in [0.3, 0.4) is 0 Å². The van der Waals surface area contributed by atoms with E-state index in [9.17, 15) is 0 Å². The summed E-state index contributed by atoms with van der Waals surface area (Å²) in [5.74, 6) is 0.867. The minimum Gasteiger partial charge on any atom is -0.359 e. The number of aliphatic imine (C=N–C) groups is 1. The lowest BCUT2D eigenvalue weighted by atomic mass is 9.81. The van der Waals surface area contributed by atoms with Crippen LogP contribution in [-0.2, 0) is 5.41 Å². The topological polar surface area (TPSA) is 41.4 Å². The van der Waals surface area contributed by atoms with Gasteiger partial charge in [-0.25, -0.2) is 4.99 Å². The molecule has 2 aliphatic rings. The number of amidine groups is 1. The summed E-state index contributed by atoms with van der Waals surface area (Å²) in [6.45, 7) is 8.89. The highest BCUT2D eigenvalue weighted by Crippen LogP contribution is 2.50. The summed E-state index contributed by atoms with van der Waals surface area (Å²) in [7, 11) is 0. The molecule has 0 saturated heterocycles. The average molecular weight is 733 g/mol. The van der Waals surface area contributed by atoms with E-state index in [0.29, 0.717) is 0 Å². The molecular weight excluding hydrogens is 693 g/mol. The maximum atomic E-state index is 5.20. The van der Waals surface area contributed by atoms with Crippen LogP contribution >= 0.6 is 0 Å². The van der Waals surface area contributed by atoms with Crippen molar-refractivity contribution in [1.29, 1.82) is 0 Å². The van der Waals surface area contributed by atoms with Crippen LogP contribution < -0.4 is 10.6 Å². The van der Waals surface area contributed by atoms with Crippen LogP contribution in [0.2, 0.25) is 0 Å². The first-order valence-electron chi connectivity index (χ1n) is 19.7. The van der Waals surface area contributed by atoms with Gasteiger partial charge in [0.05, 0.1) is 22.8 Å². The van der Waals surface area contributed by atoms with Crippen LogP contribution in [0.5, 0.6) is 0 Å². The Morgan fingerprint density at radius 2 is 1.42 bits per heavy atom. The molecule has 8 aromatic carbocycles. The average Bonchev–Trinajstić information content (AvgIpc) is 3.70. The molecule has 2 heterocycles. The molecule has 1 aliphatic carbocycles. The Morgan fingerprint density at radius 1 is 0.667 bits per heavy atom. The number of aromatic nitrogens is 1. The van der Waals surface area contributed by atoms with Crippen LogP contribution in [0.25, 0.3) is 55.5 Å². The Bertz CT molecular complexity index is 3110. The Hall–Kier alpha value is -7.17. The van der Waals surface area contributed by atoms with E-state index in [2.05, 4.69) is 199 Å². The second kappa shape index (κ2) is 12.7. The standard InChI is InChI=1S/C53H40N4/c1-4-33-30-43-49(32-47(33)54-37-15-6-5-7-16-37)57(48-29-25-34-14-8-9-17-39(34)50(43)48)38-26-22-35(23-27-38)52-55-46-21-13-11-19-42(46)51(56-52)36-24-28-41-40-18-10-12-20-44(40)53(2,3)45(41)31-36/h4-32,51,54H,1H2,2-3H3,(H,55,56). The third kappa shape index (κ3) is 5.18. The molecular formula is C53H40N4. The second-order valence-electron chi connectivity index (χ2n) is 15.8. The highest BCUT2D eigenvalue weighted by molar-refractivity contribution is 6.22.